The Kier molecular flexibility index (Phi) is 4.61. The topological polar surface area (TPSA) is 29.9 Å². The second-order valence-corrected chi connectivity index (χ2v) is 5.52. The number of hydrogen-bond donors (Lipinski definition) is 1. The fourth-order valence-corrected chi connectivity index (χ4v) is 2.18. The van der Waals surface area contributed by atoms with E-state index >= 15 is 0 Å². The minimum atomic E-state index is 0.458. The minimum absolute atomic E-state index is 0.458. The Hall–Kier alpha value is -1.32. The molecular weight excluding hydrogens is 258 g/mol. The highest BCUT2D eigenvalue weighted by atomic mass is 35.5. The smallest absolute Gasteiger partial charge is 0.112 e. The first-order valence-corrected chi connectivity index (χ1v) is 6.91. The van der Waals surface area contributed by atoms with Gasteiger partial charge in [0, 0.05) is 43.5 Å². The van der Waals surface area contributed by atoms with Crippen LogP contribution in [0.3, 0.4) is 0 Å². The summed E-state index contributed by atoms with van der Waals surface area (Å²) in [5, 5.41) is 4.22. The van der Waals surface area contributed by atoms with Crippen LogP contribution in [0.15, 0.2) is 30.6 Å². The molecule has 1 N–H and O–H groups in total. The van der Waals surface area contributed by atoms with Crippen molar-refractivity contribution in [2.45, 2.75) is 32.9 Å². The molecule has 0 saturated heterocycles. The molecule has 0 aliphatic rings. The molecule has 0 unspecified atom stereocenters. The van der Waals surface area contributed by atoms with Crippen molar-refractivity contribution in [3.8, 4) is 0 Å². The summed E-state index contributed by atoms with van der Waals surface area (Å²) in [6.07, 6.45) is 4.63. The monoisotopic (exact) mass is 277 g/mol. The zero-order chi connectivity index (χ0) is 13.8. The summed E-state index contributed by atoms with van der Waals surface area (Å²) < 4.78 is 2.05. The Morgan fingerprint density at radius 3 is 2.74 bits per heavy atom. The van der Waals surface area contributed by atoms with Gasteiger partial charge >= 0.3 is 0 Å². The summed E-state index contributed by atoms with van der Waals surface area (Å²) >= 11 is 6.10. The molecule has 2 rings (SSSR count). The SMILES string of the molecule is CC(C)NCc1cc(Cl)ccc1Cc1nccn1C. The summed E-state index contributed by atoms with van der Waals surface area (Å²) in [6.45, 7) is 5.12. The second-order valence-electron chi connectivity index (χ2n) is 5.08. The lowest BCUT2D eigenvalue weighted by Crippen LogP contribution is -2.22. The number of rotatable bonds is 5. The minimum Gasteiger partial charge on any atom is -0.338 e. The van der Waals surface area contributed by atoms with Crippen LogP contribution >= 0.6 is 11.6 Å². The molecule has 19 heavy (non-hydrogen) atoms. The first-order chi connectivity index (χ1) is 9.06. The van der Waals surface area contributed by atoms with Gasteiger partial charge in [-0.3, -0.25) is 0 Å². The van der Waals surface area contributed by atoms with Crippen molar-refractivity contribution in [1.82, 2.24) is 14.9 Å². The van der Waals surface area contributed by atoms with Gasteiger partial charge < -0.3 is 9.88 Å². The largest absolute Gasteiger partial charge is 0.338 e. The highest BCUT2D eigenvalue weighted by molar-refractivity contribution is 6.30. The van der Waals surface area contributed by atoms with Crippen molar-refractivity contribution in [1.29, 1.82) is 0 Å². The van der Waals surface area contributed by atoms with Crippen molar-refractivity contribution >= 4 is 11.6 Å². The molecule has 0 aliphatic carbocycles. The van der Waals surface area contributed by atoms with Crippen LogP contribution in [-0.4, -0.2) is 15.6 Å². The average molecular weight is 278 g/mol. The maximum absolute atomic E-state index is 6.10. The van der Waals surface area contributed by atoms with Gasteiger partial charge in [-0.2, -0.15) is 0 Å². The summed E-state index contributed by atoms with van der Waals surface area (Å²) in [7, 11) is 2.02. The van der Waals surface area contributed by atoms with Crippen molar-refractivity contribution in [2.24, 2.45) is 7.05 Å². The maximum Gasteiger partial charge on any atom is 0.112 e. The van der Waals surface area contributed by atoms with E-state index in [1.807, 2.05) is 36.1 Å². The molecule has 0 bridgehead atoms. The van der Waals surface area contributed by atoms with Gasteiger partial charge in [0.2, 0.25) is 0 Å². The van der Waals surface area contributed by atoms with E-state index in [1.54, 1.807) is 0 Å². The molecule has 0 saturated carbocycles. The van der Waals surface area contributed by atoms with E-state index in [-0.39, 0.29) is 0 Å². The van der Waals surface area contributed by atoms with Gasteiger partial charge in [0.25, 0.3) is 0 Å². The van der Waals surface area contributed by atoms with Crippen LogP contribution in [0, 0.1) is 0 Å². The zero-order valence-corrected chi connectivity index (χ0v) is 12.4. The second kappa shape index (κ2) is 6.22. The molecule has 0 aliphatic heterocycles. The number of nitrogens with one attached hydrogen (secondary N) is 1. The Labute approximate surface area is 119 Å². The molecule has 1 heterocycles. The van der Waals surface area contributed by atoms with Crippen LogP contribution in [0.2, 0.25) is 5.02 Å². The van der Waals surface area contributed by atoms with Gasteiger partial charge in [0.1, 0.15) is 5.82 Å². The molecule has 0 radical (unpaired) electrons. The van der Waals surface area contributed by atoms with Crippen LogP contribution in [0.1, 0.15) is 30.8 Å². The summed E-state index contributed by atoms with van der Waals surface area (Å²) in [4.78, 5) is 4.38. The lowest BCUT2D eigenvalue weighted by atomic mass is 10.0. The van der Waals surface area contributed by atoms with Crippen molar-refractivity contribution in [3.05, 3.63) is 52.6 Å². The Balaban J connectivity index is 2.21. The normalized spacial score (nSPS) is 11.2. The summed E-state index contributed by atoms with van der Waals surface area (Å²) in [5.41, 5.74) is 2.51. The van der Waals surface area contributed by atoms with Crippen LogP contribution in [-0.2, 0) is 20.0 Å². The average Bonchev–Trinajstić information content (AvgIpc) is 2.75. The number of hydrogen-bond acceptors (Lipinski definition) is 2. The summed E-state index contributed by atoms with van der Waals surface area (Å²) in [5.74, 6) is 1.06. The van der Waals surface area contributed by atoms with E-state index in [0.29, 0.717) is 6.04 Å². The highest BCUT2D eigenvalue weighted by Crippen LogP contribution is 2.19. The fraction of sp³-hybridized carbons (Fsp3) is 0.400. The molecule has 0 atom stereocenters. The molecule has 102 valence electrons. The molecular formula is C15H20ClN3. The van der Waals surface area contributed by atoms with Crippen molar-refractivity contribution in [2.75, 3.05) is 0 Å². The van der Waals surface area contributed by atoms with Gasteiger partial charge in [-0.15, -0.1) is 0 Å². The third kappa shape index (κ3) is 3.82. The number of nitrogens with zero attached hydrogens (tertiary/aromatic N) is 2. The van der Waals surface area contributed by atoms with Gasteiger partial charge in [-0.05, 0) is 23.3 Å². The predicted octanol–water partition coefficient (Wildman–Crippen LogP) is 3.16. The van der Waals surface area contributed by atoms with Gasteiger partial charge in [-0.1, -0.05) is 31.5 Å². The Morgan fingerprint density at radius 1 is 1.32 bits per heavy atom. The lowest BCUT2D eigenvalue weighted by molar-refractivity contribution is 0.586. The van der Waals surface area contributed by atoms with E-state index in [2.05, 4.69) is 30.2 Å². The molecule has 1 aromatic carbocycles. The van der Waals surface area contributed by atoms with Crippen molar-refractivity contribution in [3.63, 3.8) is 0 Å². The van der Waals surface area contributed by atoms with Gasteiger partial charge in [0.15, 0.2) is 0 Å². The van der Waals surface area contributed by atoms with Crippen LogP contribution in [0.4, 0.5) is 0 Å². The van der Waals surface area contributed by atoms with E-state index in [9.17, 15) is 0 Å². The summed E-state index contributed by atoms with van der Waals surface area (Å²) in [6, 6.07) is 6.53. The quantitative estimate of drug-likeness (QED) is 0.910. The van der Waals surface area contributed by atoms with E-state index in [0.717, 1.165) is 23.8 Å². The predicted molar refractivity (Wildman–Crippen MR) is 79.4 cm³/mol. The molecule has 0 amide bonds. The van der Waals surface area contributed by atoms with E-state index in [4.69, 9.17) is 11.6 Å². The molecule has 0 spiro atoms. The van der Waals surface area contributed by atoms with Gasteiger partial charge in [-0.25, -0.2) is 4.98 Å². The van der Waals surface area contributed by atoms with Gasteiger partial charge in [0.05, 0.1) is 0 Å². The number of aromatic nitrogens is 2. The van der Waals surface area contributed by atoms with Crippen LogP contribution in [0.5, 0.6) is 0 Å². The van der Waals surface area contributed by atoms with E-state index < -0.39 is 0 Å². The molecule has 3 nitrogen and oxygen atoms in total. The molecule has 2 aromatic rings. The Morgan fingerprint density at radius 2 is 2.11 bits per heavy atom. The Bertz CT molecular complexity index is 546. The molecule has 0 fully saturated rings. The van der Waals surface area contributed by atoms with E-state index in [1.165, 1.54) is 11.1 Å². The van der Waals surface area contributed by atoms with Crippen LogP contribution in [0.25, 0.3) is 0 Å². The zero-order valence-electron chi connectivity index (χ0n) is 11.7. The highest BCUT2D eigenvalue weighted by Gasteiger charge is 2.08. The number of benzene rings is 1. The number of aryl methyl sites for hydroxylation is 1. The van der Waals surface area contributed by atoms with Crippen molar-refractivity contribution < 1.29 is 0 Å². The number of imidazole rings is 1. The molecule has 4 heteroatoms. The third-order valence-electron chi connectivity index (χ3n) is 3.14. The standard InChI is InChI=1S/C15H20ClN3/c1-11(2)18-10-13-8-14(16)5-4-12(13)9-15-17-6-7-19(15)3/h4-8,11,18H,9-10H2,1-3H3. The first-order valence-electron chi connectivity index (χ1n) is 6.53. The lowest BCUT2D eigenvalue weighted by Gasteiger charge is -2.13. The first kappa shape index (κ1) is 14.1. The number of halogens is 1. The molecule has 1 aromatic heterocycles. The fourth-order valence-electron chi connectivity index (χ4n) is 1.98. The van der Waals surface area contributed by atoms with Crippen LogP contribution < -0.4 is 5.32 Å². The third-order valence-corrected chi connectivity index (χ3v) is 3.37. The maximum atomic E-state index is 6.10.